The van der Waals surface area contributed by atoms with Crippen molar-refractivity contribution in [2.24, 2.45) is 0 Å². The normalized spacial score (nSPS) is 17.5. The zero-order valence-electron chi connectivity index (χ0n) is 10.2. The lowest BCUT2D eigenvalue weighted by Crippen LogP contribution is -2.11. The zero-order chi connectivity index (χ0) is 12.4. The first-order valence-electron chi connectivity index (χ1n) is 6.13. The Bertz CT molecular complexity index is 539. The average Bonchev–Trinajstić information content (AvgIpc) is 3.02. The van der Waals surface area contributed by atoms with Crippen LogP contribution in [0.1, 0.15) is 30.2 Å². The number of hydrogen-bond donors (Lipinski definition) is 1. The van der Waals surface area contributed by atoms with Crippen LogP contribution in [0.4, 0.5) is 0 Å². The number of para-hydroxylation sites is 1. The van der Waals surface area contributed by atoms with E-state index in [-0.39, 0.29) is 5.92 Å². The third-order valence-corrected chi connectivity index (χ3v) is 3.01. The molecule has 1 aliphatic rings. The van der Waals surface area contributed by atoms with Crippen molar-refractivity contribution >= 4 is 0 Å². The van der Waals surface area contributed by atoms with Gasteiger partial charge in [0.15, 0.2) is 0 Å². The number of benzene rings is 1. The van der Waals surface area contributed by atoms with Crippen LogP contribution in [0.25, 0.3) is 0 Å². The minimum atomic E-state index is 0.0593. The molecule has 0 aliphatic carbocycles. The number of ether oxygens (including phenoxy) is 1. The fourth-order valence-corrected chi connectivity index (χ4v) is 2.08. The van der Waals surface area contributed by atoms with E-state index in [0.717, 1.165) is 17.9 Å². The molecule has 1 unspecified atom stereocenters. The van der Waals surface area contributed by atoms with Crippen LogP contribution in [0, 0.1) is 0 Å². The third kappa shape index (κ3) is 1.97. The summed E-state index contributed by atoms with van der Waals surface area (Å²) < 4.78 is 11.3. The van der Waals surface area contributed by atoms with Crippen molar-refractivity contribution in [2.75, 3.05) is 13.2 Å². The summed E-state index contributed by atoms with van der Waals surface area (Å²) in [6.07, 6.45) is 0. The van der Waals surface area contributed by atoms with Crippen LogP contribution in [-0.2, 0) is 6.54 Å². The van der Waals surface area contributed by atoms with Crippen LogP contribution in [0.3, 0.4) is 0 Å². The van der Waals surface area contributed by atoms with Gasteiger partial charge >= 0.3 is 0 Å². The van der Waals surface area contributed by atoms with E-state index in [4.69, 9.17) is 9.15 Å². The molecular formula is C13H15N3O2. The van der Waals surface area contributed by atoms with Gasteiger partial charge in [-0.15, -0.1) is 10.2 Å². The number of rotatable bonds is 4. The number of fused-ring (bicyclic) bond motifs is 1. The van der Waals surface area contributed by atoms with Crippen LogP contribution in [0.15, 0.2) is 28.7 Å². The molecule has 0 saturated carbocycles. The summed E-state index contributed by atoms with van der Waals surface area (Å²) in [6.45, 7) is 4.10. The van der Waals surface area contributed by atoms with E-state index in [0.29, 0.717) is 24.9 Å². The van der Waals surface area contributed by atoms with E-state index in [1.807, 2.05) is 31.2 Å². The van der Waals surface area contributed by atoms with Crippen LogP contribution in [0.2, 0.25) is 0 Å². The molecule has 0 saturated heterocycles. The first-order valence-corrected chi connectivity index (χ1v) is 6.13. The van der Waals surface area contributed by atoms with E-state index < -0.39 is 0 Å². The van der Waals surface area contributed by atoms with Crippen molar-refractivity contribution in [3.8, 4) is 5.75 Å². The van der Waals surface area contributed by atoms with Gasteiger partial charge < -0.3 is 14.5 Å². The third-order valence-electron chi connectivity index (χ3n) is 3.01. The summed E-state index contributed by atoms with van der Waals surface area (Å²) in [5.74, 6) is 2.22. The molecule has 0 spiro atoms. The number of nitrogens with zero attached hydrogens (tertiary/aromatic N) is 2. The molecule has 2 aromatic rings. The Morgan fingerprint density at radius 3 is 3.11 bits per heavy atom. The second-order valence-corrected chi connectivity index (χ2v) is 4.22. The smallest absolute Gasteiger partial charge is 0.230 e. The van der Waals surface area contributed by atoms with Gasteiger partial charge in [0.05, 0.1) is 12.5 Å². The highest BCUT2D eigenvalue weighted by Crippen LogP contribution is 2.37. The second kappa shape index (κ2) is 4.78. The minimum Gasteiger partial charge on any atom is -0.492 e. The maximum absolute atomic E-state index is 5.66. The van der Waals surface area contributed by atoms with E-state index in [9.17, 15) is 0 Å². The topological polar surface area (TPSA) is 60.2 Å². The minimum absolute atomic E-state index is 0.0593. The zero-order valence-corrected chi connectivity index (χ0v) is 10.2. The maximum Gasteiger partial charge on any atom is 0.230 e. The van der Waals surface area contributed by atoms with Gasteiger partial charge in [0.2, 0.25) is 11.8 Å². The molecule has 0 fully saturated rings. The standard InChI is InChI=1S/C13H15N3O2/c1-2-14-7-12-15-16-13(18-12)10-8-17-11-6-4-3-5-9(10)11/h3-6,10,14H,2,7-8H2,1H3. The van der Waals surface area contributed by atoms with Crippen molar-refractivity contribution in [1.29, 1.82) is 0 Å². The highest BCUT2D eigenvalue weighted by Gasteiger charge is 2.29. The van der Waals surface area contributed by atoms with E-state index in [1.165, 1.54) is 0 Å². The predicted molar refractivity (Wildman–Crippen MR) is 65.5 cm³/mol. The molecule has 1 aliphatic heterocycles. The van der Waals surface area contributed by atoms with Gasteiger partial charge in [-0.2, -0.15) is 0 Å². The highest BCUT2D eigenvalue weighted by molar-refractivity contribution is 5.42. The van der Waals surface area contributed by atoms with Crippen LogP contribution in [0.5, 0.6) is 5.75 Å². The molecule has 1 aromatic heterocycles. The van der Waals surface area contributed by atoms with Gasteiger partial charge in [-0.3, -0.25) is 0 Å². The Labute approximate surface area is 105 Å². The predicted octanol–water partition coefficient (Wildman–Crippen LogP) is 1.70. The van der Waals surface area contributed by atoms with E-state index in [1.54, 1.807) is 0 Å². The summed E-state index contributed by atoms with van der Waals surface area (Å²) in [7, 11) is 0. The molecule has 1 aromatic carbocycles. The molecule has 94 valence electrons. The van der Waals surface area contributed by atoms with Gasteiger partial charge in [0.1, 0.15) is 12.4 Å². The van der Waals surface area contributed by atoms with Gasteiger partial charge in [0, 0.05) is 5.56 Å². The molecule has 0 radical (unpaired) electrons. The first-order chi connectivity index (χ1) is 8.88. The van der Waals surface area contributed by atoms with Gasteiger partial charge in [0.25, 0.3) is 0 Å². The lowest BCUT2D eigenvalue weighted by atomic mass is 10.0. The molecule has 3 rings (SSSR count). The molecule has 5 nitrogen and oxygen atoms in total. The van der Waals surface area contributed by atoms with Crippen molar-refractivity contribution < 1.29 is 9.15 Å². The number of hydrogen-bond acceptors (Lipinski definition) is 5. The molecule has 2 heterocycles. The fourth-order valence-electron chi connectivity index (χ4n) is 2.08. The molecule has 18 heavy (non-hydrogen) atoms. The number of nitrogens with one attached hydrogen (secondary N) is 1. The summed E-state index contributed by atoms with van der Waals surface area (Å²) in [6, 6.07) is 7.97. The maximum atomic E-state index is 5.66. The lowest BCUT2D eigenvalue weighted by molar-refractivity contribution is 0.320. The Morgan fingerprint density at radius 1 is 1.33 bits per heavy atom. The molecular weight excluding hydrogens is 230 g/mol. The molecule has 1 atom stereocenters. The molecule has 5 heteroatoms. The summed E-state index contributed by atoms with van der Waals surface area (Å²) in [4.78, 5) is 0. The summed E-state index contributed by atoms with van der Waals surface area (Å²) >= 11 is 0. The highest BCUT2D eigenvalue weighted by atomic mass is 16.5. The Balaban J connectivity index is 1.82. The summed E-state index contributed by atoms with van der Waals surface area (Å²) in [5.41, 5.74) is 1.12. The van der Waals surface area contributed by atoms with Crippen molar-refractivity contribution in [1.82, 2.24) is 15.5 Å². The SMILES string of the molecule is CCNCc1nnc(C2COc3ccccc32)o1. The van der Waals surface area contributed by atoms with Gasteiger partial charge in [-0.05, 0) is 12.6 Å². The van der Waals surface area contributed by atoms with Crippen LogP contribution >= 0.6 is 0 Å². The Hall–Kier alpha value is -1.88. The lowest BCUT2D eigenvalue weighted by Gasteiger charge is -2.02. The Morgan fingerprint density at radius 2 is 2.22 bits per heavy atom. The van der Waals surface area contributed by atoms with Gasteiger partial charge in [-0.1, -0.05) is 25.1 Å². The van der Waals surface area contributed by atoms with Crippen molar-refractivity contribution in [2.45, 2.75) is 19.4 Å². The molecule has 1 N–H and O–H groups in total. The summed E-state index contributed by atoms with van der Waals surface area (Å²) in [5, 5.41) is 11.3. The monoisotopic (exact) mass is 245 g/mol. The molecule has 0 bridgehead atoms. The van der Waals surface area contributed by atoms with Crippen molar-refractivity contribution in [3.05, 3.63) is 41.6 Å². The van der Waals surface area contributed by atoms with Crippen molar-refractivity contribution in [3.63, 3.8) is 0 Å². The quantitative estimate of drug-likeness (QED) is 0.888. The largest absolute Gasteiger partial charge is 0.492 e. The van der Waals surface area contributed by atoms with E-state index in [2.05, 4.69) is 15.5 Å². The van der Waals surface area contributed by atoms with Crippen LogP contribution in [-0.4, -0.2) is 23.3 Å². The van der Waals surface area contributed by atoms with Gasteiger partial charge in [-0.25, -0.2) is 0 Å². The second-order valence-electron chi connectivity index (χ2n) is 4.22. The molecule has 0 amide bonds. The first kappa shape index (κ1) is 11.2. The Kier molecular flexibility index (Phi) is 2.98. The number of aromatic nitrogens is 2. The average molecular weight is 245 g/mol. The fraction of sp³-hybridized carbons (Fsp3) is 0.385. The van der Waals surface area contributed by atoms with Crippen LogP contribution < -0.4 is 10.1 Å². The van der Waals surface area contributed by atoms with E-state index >= 15 is 0 Å².